The van der Waals surface area contributed by atoms with Crippen molar-refractivity contribution >= 4 is 39.7 Å². The number of aromatic amines is 1. The number of benzene rings is 1. The zero-order valence-corrected chi connectivity index (χ0v) is 14.7. The van der Waals surface area contributed by atoms with Crippen LogP contribution in [0.2, 0.25) is 5.02 Å². The number of hydrogen-bond donors (Lipinski definition) is 1. The Bertz CT molecular complexity index is 921. The van der Waals surface area contributed by atoms with Crippen LogP contribution < -0.4 is 5.56 Å². The van der Waals surface area contributed by atoms with Gasteiger partial charge in [-0.05, 0) is 36.1 Å². The molecule has 0 bridgehead atoms. The Labute approximate surface area is 147 Å². The van der Waals surface area contributed by atoms with Crippen molar-refractivity contribution in [3.05, 3.63) is 61.8 Å². The van der Waals surface area contributed by atoms with E-state index in [4.69, 9.17) is 11.6 Å². The number of amides is 1. The van der Waals surface area contributed by atoms with E-state index in [-0.39, 0.29) is 18.0 Å². The van der Waals surface area contributed by atoms with Gasteiger partial charge in [0, 0.05) is 16.9 Å². The number of thiophene rings is 1. The number of hydrogen-bond acceptors (Lipinski definition) is 4. The van der Waals surface area contributed by atoms with Gasteiger partial charge < -0.3 is 9.88 Å². The topological polar surface area (TPSA) is 66.1 Å². The molecule has 1 aromatic carbocycles. The van der Waals surface area contributed by atoms with Crippen LogP contribution in [-0.2, 0) is 6.54 Å². The first-order chi connectivity index (χ1) is 11.6. The molecule has 0 saturated heterocycles. The van der Waals surface area contributed by atoms with E-state index >= 15 is 0 Å². The van der Waals surface area contributed by atoms with Crippen molar-refractivity contribution in [1.82, 2.24) is 14.9 Å². The van der Waals surface area contributed by atoms with E-state index in [9.17, 15) is 9.59 Å². The maximum Gasteiger partial charge on any atom is 0.258 e. The van der Waals surface area contributed by atoms with Crippen LogP contribution in [0.5, 0.6) is 0 Å². The molecular formula is C17H16ClN3O2S. The smallest absolute Gasteiger partial charge is 0.258 e. The molecule has 124 valence electrons. The number of nitrogens with zero attached hydrogens (tertiary/aromatic N) is 2. The molecule has 0 aliphatic carbocycles. The van der Waals surface area contributed by atoms with Crippen LogP contribution >= 0.6 is 22.9 Å². The third-order valence-electron chi connectivity index (χ3n) is 3.61. The number of nitrogens with one attached hydrogen (secondary N) is 1. The van der Waals surface area contributed by atoms with Crippen molar-refractivity contribution in [3.63, 3.8) is 0 Å². The molecule has 2 aromatic heterocycles. The zero-order valence-electron chi connectivity index (χ0n) is 13.1. The van der Waals surface area contributed by atoms with Gasteiger partial charge in [0.05, 0.1) is 23.0 Å². The molecule has 0 saturated carbocycles. The molecule has 1 amide bonds. The number of fused-ring (bicyclic) bond motifs is 1. The molecule has 0 radical (unpaired) electrons. The highest BCUT2D eigenvalue weighted by Gasteiger charge is 2.17. The predicted molar refractivity (Wildman–Crippen MR) is 96.7 cm³/mol. The van der Waals surface area contributed by atoms with Gasteiger partial charge in [0.15, 0.2) is 0 Å². The van der Waals surface area contributed by atoms with E-state index in [0.717, 1.165) is 6.42 Å². The Balaban J connectivity index is 1.93. The molecule has 0 aliphatic heterocycles. The lowest BCUT2D eigenvalue weighted by Crippen LogP contribution is -2.32. The minimum absolute atomic E-state index is 0.0630. The standard InChI is InChI=1S/C17H16ClN3O2S/c1-2-6-21(17(23)11-5-7-24-10-11)9-15-19-14-8-12(18)3-4-13(14)16(22)20-15/h3-5,7-8,10H,2,6,9H2,1H3,(H,19,20,22). The van der Waals surface area contributed by atoms with Gasteiger partial charge in [0.25, 0.3) is 11.5 Å². The fourth-order valence-corrected chi connectivity index (χ4v) is 3.30. The van der Waals surface area contributed by atoms with E-state index in [1.54, 1.807) is 29.2 Å². The lowest BCUT2D eigenvalue weighted by Gasteiger charge is -2.21. The minimum Gasteiger partial charge on any atom is -0.331 e. The normalized spacial score (nSPS) is 10.9. The predicted octanol–water partition coefficient (Wildman–Crippen LogP) is 3.69. The van der Waals surface area contributed by atoms with Crippen molar-refractivity contribution in [2.45, 2.75) is 19.9 Å². The molecule has 0 aliphatic rings. The van der Waals surface area contributed by atoms with Crippen LogP contribution in [0.4, 0.5) is 0 Å². The quantitative estimate of drug-likeness (QED) is 0.753. The van der Waals surface area contributed by atoms with Crippen LogP contribution in [0.25, 0.3) is 10.9 Å². The van der Waals surface area contributed by atoms with E-state index in [1.165, 1.54) is 11.3 Å². The van der Waals surface area contributed by atoms with E-state index in [2.05, 4.69) is 9.97 Å². The SMILES string of the molecule is CCCN(Cc1nc2cc(Cl)ccc2c(=O)[nH]1)C(=O)c1ccsc1. The molecule has 0 fully saturated rings. The molecule has 24 heavy (non-hydrogen) atoms. The average molecular weight is 362 g/mol. The van der Waals surface area contributed by atoms with Crippen molar-refractivity contribution < 1.29 is 4.79 Å². The van der Waals surface area contributed by atoms with Gasteiger partial charge in [-0.2, -0.15) is 11.3 Å². The molecule has 3 aromatic rings. The maximum absolute atomic E-state index is 12.6. The first-order valence-corrected chi connectivity index (χ1v) is 8.90. The van der Waals surface area contributed by atoms with Gasteiger partial charge in [-0.1, -0.05) is 18.5 Å². The maximum atomic E-state index is 12.6. The number of aromatic nitrogens is 2. The zero-order chi connectivity index (χ0) is 17.1. The summed E-state index contributed by atoms with van der Waals surface area (Å²) in [5, 5.41) is 4.69. The second-order valence-corrected chi connectivity index (χ2v) is 6.63. The molecule has 2 heterocycles. The van der Waals surface area contributed by atoms with Crippen molar-refractivity contribution in [1.29, 1.82) is 0 Å². The lowest BCUT2D eigenvalue weighted by molar-refractivity contribution is 0.0739. The highest BCUT2D eigenvalue weighted by molar-refractivity contribution is 7.08. The summed E-state index contributed by atoms with van der Waals surface area (Å²) in [4.78, 5) is 33.7. The Hall–Kier alpha value is -2.18. The van der Waals surface area contributed by atoms with Gasteiger partial charge >= 0.3 is 0 Å². The van der Waals surface area contributed by atoms with Gasteiger partial charge in [0.1, 0.15) is 5.82 Å². The molecular weight excluding hydrogens is 346 g/mol. The summed E-state index contributed by atoms with van der Waals surface area (Å²) < 4.78 is 0. The van der Waals surface area contributed by atoms with E-state index in [0.29, 0.717) is 33.9 Å². The largest absolute Gasteiger partial charge is 0.331 e. The summed E-state index contributed by atoms with van der Waals surface area (Å²) in [6.45, 7) is 2.84. The van der Waals surface area contributed by atoms with Crippen LogP contribution in [0.1, 0.15) is 29.5 Å². The van der Waals surface area contributed by atoms with Crippen molar-refractivity contribution in [2.24, 2.45) is 0 Å². The lowest BCUT2D eigenvalue weighted by atomic mass is 10.2. The number of H-pyrrole nitrogens is 1. The summed E-state index contributed by atoms with van der Waals surface area (Å²) >= 11 is 7.46. The van der Waals surface area contributed by atoms with Gasteiger partial charge in [0.2, 0.25) is 0 Å². The number of carbonyl (C=O) groups excluding carboxylic acids is 1. The van der Waals surface area contributed by atoms with Crippen LogP contribution in [-0.4, -0.2) is 27.3 Å². The fraction of sp³-hybridized carbons (Fsp3) is 0.235. The first kappa shape index (κ1) is 16.7. The second-order valence-electron chi connectivity index (χ2n) is 5.41. The molecule has 5 nitrogen and oxygen atoms in total. The average Bonchev–Trinajstić information content (AvgIpc) is 3.07. The van der Waals surface area contributed by atoms with Crippen molar-refractivity contribution in [2.75, 3.05) is 6.54 Å². The second kappa shape index (κ2) is 7.15. The number of halogens is 1. The monoisotopic (exact) mass is 361 g/mol. The van der Waals surface area contributed by atoms with Crippen LogP contribution in [0.15, 0.2) is 39.8 Å². The fourth-order valence-electron chi connectivity index (χ4n) is 2.51. The van der Waals surface area contributed by atoms with Gasteiger partial charge in [-0.3, -0.25) is 9.59 Å². The summed E-state index contributed by atoms with van der Waals surface area (Å²) in [5.41, 5.74) is 0.950. The molecule has 0 atom stereocenters. The minimum atomic E-state index is -0.230. The summed E-state index contributed by atoms with van der Waals surface area (Å²) in [7, 11) is 0. The molecule has 0 unspecified atom stereocenters. The van der Waals surface area contributed by atoms with Crippen LogP contribution in [0.3, 0.4) is 0 Å². The Morgan fingerprint density at radius 2 is 2.21 bits per heavy atom. The van der Waals surface area contributed by atoms with Crippen LogP contribution in [0, 0.1) is 0 Å². The Morgan fingerprint density at radius 1 is 1.38 bits per heavy atom. The van der Waals surface area contributed by atoms with Gasteiger partial charge in [-0.25, -0.2) is 4.98 Å². The first-order valence-electron chi connectivity index (χ1n) is 7.58. The summed E-state index contributed by atoms with van der Waals surface area (Å²) in [6, 6.07) is 6.75. The summed E-state index contributed by atoms with van der Waals surface area (Å²) in [6.07, 6.45) is 0.819. The van der Waals surface area contributed by atoms with E-state index < -0.39 is 0 Å². The Morgan fingerprint density at radius 3 is 2.92 bits per heavy atom. The molecule has 7 heteroatoms. The summed E-state index contributed by atoms with van der Waals surface area (Å²) in [5.74, 6) is 0.388. The third kappa shape index (κ3) is 3.49. The third-order valence-corrected chi connectivity index (χ3v) is 4.53. The molecule has 1 N–H and O–H groups in total. The molecule has 0 spiro atoms. The number of rotatable bonds is 5. The Kier molecular flexibility index (Phi) is 4.97. The highest BCUT2D eigenvalue weighted by Crippen LogP contribution is 2.16. The highest BCUT2D eigenvalue weighted by atomic mass is 35.5. The number of carbonyl (C=O) groups is 1. The van der Waals surface area contributed by atoms with Crippen molar-refractivity contribution in [3.8, 4) is 0 Å². The van der Waals surface area contributed by atoms with Gasteiger partial charge in [-0.15, -0.1) is 0 Å². The van der Waals surface area contributed by atoms with E-state index in [1.807, 2.05) is 17.7 Å². The molecule has 3 rings (SSSR count).